The van der Waals surface area contributed by atoms with Crippen molar-refractivity contribution in [3.8, 4) is 0 Å². The van der Waals surface area contributed by atoms with Crippen molar-refractivity contribution in [3.63, 3.8) is 0 Å². The summed E-state index contributed by atoms with van der Waals surface area (Å²) >= 11 is 5.98. The van der Waals surface area contributed by atoms with Crippen molar-refractivity contribution in [1.29, 1.82) is 0 Å². The number of fused-ring (bicyclic) bond motifs is 1. The van der Waals surface area contributed by atoms with E-state index in [-0.39, 0.29) is 22.7 Å². The average Bonchev–Trinajstić information content (AvgIpc) is 3.28. The summed E-state index contributed by atoms with van der Waals surface area (Å²) in [5, 5.41) is 1.34. The number of benzene rings is 2. The molecule has 0 radical (unpaired) electrons. The molecule has 0 saturated heterocycles. The summed E-state index contributed by atoms with van der Waals surface area (Å²) in [7, 11) is -3.64. The van der Waals surface area contributed by atoms with Crippen LogP contribution in [0.3, 0.4) is 0 Å². The van der Waals surface area contributed by atoms with Crippen molar-refractivity contribution in [3.05, 3.63) is 64.6 Å². The van der Waals surface area contributed by atoms with Gasteiger partial charge in [-0.3, -0.25) is 0 Å². The van der Waals surface area contributed by atoms with Crippen LogP contribution in [0.4, 0.5) is 4.39 Å². The molecule has 3 aromatic rings. The first-order chi connectivity index (χ1) is 12.3. The molecule has 4 rings (SSSR count). The smallest absolute Gasteiger partial charge is 0.240 e. The molecular weight excluding hydrogens is 375 g/mol. The van der Waals surface area contributed by atoms with Gasteiger partial charge in [-0.2, -0.15) is 0 Å². The fourth-order valence-electron chi connectivity index (χ4n) is 3.32. The average molecular weight is 393 g/mol. The summed E-state index contributed by atoms with van der Waals surface area (Å²) in [6, 6.07) is 9.25. The van der Waals surface area contributed by atoms with Gasteiger partial charge in [-0.1, -0.05) is 11.6 Å². The monoisotopic (exact) mass is 392 g/mol. The van der Waals surface area contributed by atoms with E-state index in [9.17, 15) is 12.8 Å². The maximum Gasteiger partial charge on any atom is 0.240 e. The lowest BCUT2D eigenvalue weighted by Gasteiger charge is -2.16. The van der Waals surface area contributed by atoms with Crippen LogP contribution in [0.1, 0.15) is 24.0 Å². The molecule has 1 aliphatic rings. The second-order valence-electron chi connectivity index (χ2n) is 6.91. The number of sulfonamides is 1. The molecule has 0 unspecified atom stereocenters. The highest BCUT2D eigenvalue weighted by molar-refractivity contribution is 7.89. The van der Waals surface area contributed by atoms with Gasteiger partial charge in [-0.25, -0.2) is 17.5 Å². The Balaban J connectivity index is 1.60. The van der Waals surface area contributed by atoms with E-state index in [0.29, 0.717) is 10.6 Å². The molecule has 0 amide bonds. The Bertz CT molecular complexity index is 1100. The number of hydrogen-bond acceptors (Lipinski definition) is 2. The second-order valence-corrected chi connectivity index (χ2v) is 9.08. The summed E-state index contributed by atoms with van der Waals surface area (Å²) in [5.74, 6) is -0.300. The highest BCUT2D eigenvalue weighted by Crippen LogP contribution is 2.50. The molecule has 1 aliphatic carbocycles. The topological polar surface area (TPSA) is 62.0 Å². The van der Waals surface area contributed by atoms with Crippen LogP contribution in [0.5, 0.6) is 0 Å². The fourth-order valence-corrected chi connectivity index (χ4v) is 4.65. The van der Waals surface area contributed by atoms with Gasteiger partial charge in [0.1, 0.15) is 5.82 Å². The number of rotatable bonds is 5. The maximum atomic E-state index is 13.6. The third kappa shape index (κ3) is 3.02. The van der Waals surface area contributed by atoms with Crippen molar-refractivity contribution in [2.45, 2.75) is 30.1 Å². The van der Waals surface area contributed by atoms with E-state index in [4.69, 9.17) is 11.6 Å². The van der Waals surface area contributed by atoms with Crippen LogP contribution in [0, 0.1) is 12.7 Å². The maximum absolute atomic E-state index is 13.6. The molecule has 4 nitrogen and oxygen atoms in total. The Hall–Kier alpha value is -1.89. The molecule has 1 heterocycles. The molecule has 26 heavy (non-hydrogen) atoms. The quantitative estimate of drug-likeness (QED) is 0.680. The first kappa shape index (κ1) is 17.5. The van der Waals surface area contributed by atoms with E-state index in [1.54, 1.807) is 25.1 Å². The van der Waals surface area contributed by atoms with Gasteiger partial charge in [0.05, 0.1) is 4.90 Å². The molecule has 0 spiro atoms. The minimum Gasteiger partial charge on any atom is -0.361 e. The summed E-state index contributed by atoms with van der Waals surface area (Å²) in [6.45, 7) is 2.05. The molecule has 0 atom stereocenters. The van der Waals surface area contributed by atoms with Crippen molar-refractivity contribution in [2.24, 2.45) is 0 Å². The normalized spacial score (nSPS) is 16.1. The lowest BCUT2D eigenvalue weighted by Crippen LogP contribution is -2.32. The molecule has 136 valence electrons. The predicted octanol–water partition coefficient (Wildman–Crippen LogP) is 4.28. The van der Waals surface area contributed by atoms with Gasteiger partial charge < -0.3 is 4.98 Å². The van der Waals surface area contributed by atoms with Crippen LogP contribution in [0.2, 0.25) is 5.02 Å². The Labute approximate surface area is 156 Å². The van der Waals surface area contributed by atoms with E-state index in [1.165, 1.54) is 18.2 Å². The first-order valence-electron chi connectivity index (χ1n) is 8.34. The van der Waals surface area contributed by atoms with Gasteiger partial charge in [0.2, 0.25) is 10.0 Å². The third-order valence-corrected chi connectivity index (χ3v) is 6.93. The highest BCUT2D eigenvalue weighted by atomic mass is 35.5. The van der Waals surface area contributed by atoms with Crippen molar-refractivity contribution >= 4 is 32.5 Å². The Morgan fingerprint density at radius 3 is 2.69 bits per heavy atom. The highest BCUT2D eigenvalue weighted by Gasteiger charge is 2.46. The molecule has 2 N–H and O–H groups in total. The van der Waals surface area contributed by atoms with Crippen LogP contribution in [0.25, 0.3) is 10.9 Å². The fraction of sp³-hybridized carbons (Fsp3) is 0.263. The van der Waals surface area contributed by atoms with E-state index in [0.717, 1.165) is 29.3 Å². The minimum atomic E-state index is -3.64. The number of aromatic amines is 1. The summed E-state index contributed by atoms with van der Waals surface area (Å²) in [5.41, 5.74) is 2.23. The van der Waals surface area contributed by atoms with Gasteiger partial charge in [0, 0.05) is 34.1 Å². The van der Waals surface area contributed by atoms with Gasteiger partial charge in [-0.15, -0.1) is 0 Å². The van der Waals surface area contributed by atoms with Gasteiger partial charge >= 0.3 is 0 Å². The SMILES string of the molecule is Cc1cc(S(=O)(=O)NCC2(c3c[nH]c4ccc(F)cc34)CC2)ccc1Cl. The summed E-state index contributed by atoms with van der Waals surface area (Å²) < 4.78 is 41.6. The number of nitrogens with one attached hydrogen (secondary N) is 2. The van der Waals surface area contributed by atoms with E-state index < -0.39 is 10.0 Å². The van der Waals surface area contributed by atoms with Crippen LogP contribution >= 0.6 is 11.6 Å². The van der Waals surface area contributed by atoms with Crippen molar-refractivity contribution < 1.29 is 12.8 Å². The Morgan fingerprint density at radius 2 is 2.00 bits per heavy atom. The molecular formula is C19H18ClFN2O2S. The Kier molecular flexibility index (Phi) is 4.10. The third-order valence-electron chi connectivity index (χ3n) is 5.11. The zero-order valence-electron chi connectivity index (χ0n) is 14.1. The largest absolute Gasteiger partial charge is 0.361 e. The second kappa shape index (κ2) is 6.08. The lowest BCUT2D eigenvalue weighted by molar-refractivity contribution is 0.567. The van der Waals surface area contributed by atoms with Crippen LogP contribution in [-0.4, -0.2) is 19.9 Å². The number of aryl methyl sites for hydroxylation is 1. The molecule has 1 saturated carbocycles. The number of H-pyrrole nitrogens is 1. The van der Waals surface area contributed by atoms with Crippen LogP contribution in [-0.2, 0) is 15.4 Å². The van der Waals surface area contributed by atoms with Crippen molar-refractivity contribution in [2.75, 3.05) is 6.54 Å². The van der Waals surface area contributed by atoms with Gasteiger partial charge in [0.15, 0.2) is 0 Å². The molecule has 0 bridgehead atoms. The van der Waals surface area contributed by atoms with E-state index in [1.807, 2.05) is 6.20 Å². The van der Waals surface area contributed by atoms with Crippen LogP contribution in [0.15, 0.2) is 47.5 Å². The first-order valence-corrected chi connectivity index (χ1v) is 10.2. The summed E-state index contributed by atoms with van der Waals surface area (Å²) in [4.78, 5) is 3.34. The van der Waals surface area contributed by atoms with Gasteiger partial charge in [-0.05, 0) is 67.3 Å². The van der Waals surface area contributed by atoms with Crippen LogP contribution < -0.4 is 4.72 Å². The molecule has 1 aromatic heterocycles. The van der Waals surface area contributed by atoms with E-state index >= 15 is 0 Å². The number of hydrogen-bond donors (Lipinski definition) is 2. The molecule has 7 heteroatoms. The molecule has 1 fully saturated rings. The lowest BCUT2D eigenvalue weighted by atomic mass is 9.96. The summed E-state index contributed by atoms with van der Waals surface area (Å²) in [6.07, 6.45) is 3.58. The standard InChI is InChI=1S/C19H18ClFN2O2S/c1-12-8-14(3-4-17(12)20)26(24,25)23-11-19(6-7-19)16-10-22-18-5-2-13(21)9-15(16)18/h2-5,8-10,22-23H,6-7,11H2,1H3. The Morgan fingerprint density at radius 1 is 1.23 bits per heavy atom. The van der Waals surface area contributed by atoms with Crippen molar-refractivity contribution in [1.82, 2.24) is 9.71 Å². The van der Waals surface area contributed by atoms with E-state index in [2.05, 4.69) is 9.71 Å². The number of aromatic nitrogens is 1. The predicted molar refractivity (Wildman–Crippen MR) is 101 cm³/mol. The zero-order chi connectivity index (χ0) is 18.5. The molecule has 0 aliphatic heterocycles. The molecule has 2 aromatic carbocycles. The minimum absolute atomic E-state index is 0.195. The number of halogens is 2. The van der Waals surface area contributed by atoms with Gasteiger partial charge in [0.25, 0.3) is 0 Å². The zero-order valence-corrected chi connectivity index (χ0v) is 15.7.